The first-order chi connectivity index (χ1) is 9.26. The number of nitrogens with one attached hydrogen (secondary N) is 1. The van der Waals surface area contributed by atoms with E-state index >= 15 is 0 Å². The number of hydrogen-bond acceptors (Lipinski definition) is 3. The highest BCUT2D eigenvalue weighted by molar-refractivity contribution is 5.58. The Balaban J connectivity index is 1.86. The Kier molecular flexibility index (Phi) is 2.81. The van der Waals surface area contributed by atoms with Gasteiger partial charge in [-0.15, -0.1) is 0 Å². The van der Waals surface area contributed by atoms with E-state index in [1.807, 2.05) is 12.1 Å². The van der Waals surface area contributed by atoms with E-state index in [0.29, 0.717) is 17.9 Å². The van der Waals surface area contributed by atoms with Gasteiger partial charge in [-0.3, -0.25) is 0 Å². The number of ether oxygens (including phenoxy) is 1. The zero-order valence-electron chi connectivity index (χ0n) is 10.1. The second kappa shape index (κ2) is 4.62. The Morgan fingerprint density at radius 1 is 1.21 bits per heavy atom. The summed E-state index contributed by atoms with van der Waals surface area (Å²) in [5, 5.41) is 12.0. The van der Waals surface area contributed by atoms with E-state index in [1.54, 1.807) is 18.2 Å². The number of nitrogens with zero attached hydrogens (tertiary/aromatic N) is 1. The Hall–Kier alpha value is -2.54. The van der Waals surface area contributed by atoms with Crippen LogP contribution in [0.1, 0.15) is 17.2 Å². The van der Waals surface area contributed by atoms with Crippen molar-refractivity contribution in [2.45, 2.75) is 6.10 Å². The molecule has 0 amide bonds. The largest absolute Gasteiger partial charge is 0.482 e. The molecule has 1 aliphatic rings. The van der Waals surface area contributed by atoms with Crippen LogP contribution >= 0.6 is 0 Å². The lowest BCUT2D eigenvalue weighted by molar-refractivity contribution is 0.209. The summed E-state index contributed by atoms with van der Waals surface area (Å²) in [7, 11) is 0. The van der Waals surface area contributed by atoms with Crippen LogP contribution in [0.4, 0.5) is 10.1 Å². The second-order valence-electron chi connectivity index (χ2n) is 4.36. The molecule has 0 fully saturated rings. The molecule has 0 saturated heterocycles. The number of rotatable bonds is 1. The molecule has 3 nitrogen and oxygen atoms in total. The average Bonchev–Trinajstić information content (AvgIpc) is 2.46. The summed E-state index contributed by atoms with van der Waals surface area (Å²) in [6, 6.07) is 13.7. The third-order valence-corrected chi connectivity index (χ3v) is 3.10. The minimum absolute atomic E-state index is 0.179. The maximum atomic E-state index is 13.2. The fraction of sp³-hybridized carbons (Fsp3) is 0.133. The molecule has 94 valence electrons. The predicted molar refractivity (Wildman–Crippen MR) is 69.4 cm³/mol. The summed E-state index contributed by atoms with van der Waals surface area (Å²) in [5.41, 5.74) is 2.37. The first-order valence-electron chi connectivity index (χ1n) is 5.96. The standard InChI is InChI=1S/C15H11FN2O/c16-12-5-6-13-14(7-12)19-15(9-18-13)11-3-1-10(8-17)2-4-11/h1-7,15,18H,9H2. The van der Waals surface area contributed by atoms with E-state index in [1.165, 1.54) is 12.1 Å². The van der Waals surface area contributed by atoms with Crippen molar-refractivity contribution in [3.05, 3.63) is 59.4 Å². The summed E-state index contributed by atoms with van der Waals surface area (Å²) in [5.74, 6) is 0.196. The molecule has 2 aromatic rings. The molecule has 0 aliphatic carbocycles. The van der Waals surface area contributed by atoms with E-state index < -0.39 is 0 Å². The number of hydrogen-bond donors (Lipinski definition) is 1. The minimum atomic E-state index is -0.318. The lowest BCUT2D eigenvalue weighted by Crippen LogP contribution is -2.23. The van der Waals surface area contributed by atoms with Crippen molar-refractivity contribution in [3.8, 4) is 11.8 Å². The van der Waals surface area contributed by atoms with E-state index in [0.717, 1.165) is 11.3 Å². The van der Waals surface area contributed by atoms with Crippen molar-refractivity contribution in [1.29, 1.82) is 5.26 Å². The first-order valence-corrected chi connectivity index (χ1v) is 5.96. The molecular formula is C15H11FN2O. The zero-order chi connectivity index (χ0) is 13.2. The fourth-order valence-electron chi connectivity index (χ4n) is 2.10. The van der Waals surface area contributed by atoms with Gasteiger partial charge in [-0.2, -0.15) is 5.26 Å². The Morgan fingerprint density at radius 2 is 2.00 bits per heavy atom. The highest BCUT2D eigenvalue weighted by Crippen LogP contribution is 2.34. The van der Waals surface area contributed by atoms with Crippen LogP contribution in [0.5, 0.6) is 5.75 Å². The molecule has 0 radical (unpaired) electrons. The van der Waals surface area contributed by atoms with Crippen LogP contribution < -0.4 is 10.1 Å². The average molecular weight is 254 g/mol. The van der Waals surface area contributed by atoms with Crippen molar-refractivity contribution >= 4 is 5.69 Å². The molecule has 0 aromatic heterocycles. The summed E-state index contributed by atoms with van der Waals surface area (Å²) in [6.45, 7) is 0.616. The molecule has 0 spiro atoms. The summed E-state index contributed by atoms with van der Waals surface area (Å²) >= 11 is 0. The Bertz CT molecular complexity index is 646. The van der Waals surface area contributed by atoms with Crippen molar-refractivity contribution < 1.29 is 9.13 Å². The lowest BCUT2D eigenvalue weighted by Gasteiger charge is -2.27. The molecule has 1 atom stereocenters. The molecule has 1 unspecified atom stereocenters. The van der Waals surface area contributed by atoms with Gasteiger partial charge >= 0.3 is 0 Å². The Morgan fingerprint density at radius 3 is 2.74 bits per heavy atom. The summed E-state index contributed by atoms with van der Waals surface area (Å²) < 4.78 is 19.0. The number of fused-ring (bicyclic) bond motifs is 1. The monoisotopic (exact) mass is 254 g/mol. The van der Waals surface area contributed by atoms with Crippen LogP contribution in [0.25, 0.3) is 0 Å². The first kappa shape index (κ1) is 11.5. The topological polar surface area (TPSA) is 45.0 Å². The van der Waals surface area contributed by atoms with Crippen molar-refractivity contribution in [1.82, 2.24) is 0 Å². The van der Waals surface area contributed by atoms with Gasteiger partial charge in [0.15, 0.2) is 0 Å². The normalized spacial score (nSPS) is 16.7. The molecule has 2 aromatic carbocycles. The van der Waals surface area contributed by atoms with Crippen LogP contribution in [-0.2, 0) is 0 Å². The second-order valence-corrected chi connectivity index (χ2v) is 4.36. The van der Waals surface area contributed by atoms with Gasteiger partial charge in [-0.25, -0.2) is 4.39 Å². The third-order valence-electron chi connectivity index (χ3n) is 3.10. The predicted octanol–water partition coefficient (Wildman–Crippen LogP) is 3.24. The lowest BCUT2D eigenvalue weighted by atomic mass is 10.1. The maximum Gasteiger partial charge on any atom is 0.146 e. The van der Waals surface area contributed by atoms with Gasteiger partial charge in [0.05, 0.1) is 23.9 Å². The summed E-state index contributed by atoms with van der Waals surface area (Å²) in [4.78, 5) is 0. The number of halogens is 1. The Labute approximate surface area is 110 Å². The van der Waals surface area contributed by atoms with Gasteiger partial charge < -0.3 is 10.1 Å². The molecule has 4 heteroatoms. The van der Waals surface area contributed by atoms with Gasteiger partial charge in [0.25, 0.3) is 0 Å². The van der Waals surface area contributed by atoms with E-state index in [9.17, 15) is 4.39 Å². The highest BCUT2D eigenvalue weighted by Gasteiger charge is 2.21. The van der Waals surface area contributed by atoms with Crippen LogP contribution in [0, 0.1) is 17.1 Å². The number of anilines is 1. The molecule has 1 heterocycles. The van der Waals surface area contributed by atoms with E-state index in [4.69, 9.17) is 10.00 Å². The minimum Gasteiger partial charge on any atom is -0.482 e. The summed E-state index contributed by atoms with van der Waals surface area (Å²) in [6.07, 6.45) is -0.179. The molecular weight excluding hydrogens is 243 g/mol. The maximum absolute atomic E-state index is 13.2. The van der Waals surface area contributed by atoms with E-state index in [2.05, 4.69) is 11.4 Å². The van der Waals surface area contributed by atoms with Crippen LogP contribution in [0.2, 0.25) is 0 Å². The van der Waals surface area contributed by atoms with E-state index in [-0.39, 0.29) is 11.9 Å². The van der Waals surface area contributed by atoms with Crippen LogP contribution in [0.3, 0.4) is 0 Å². The van der Waals surface area contributed by atoms with Crippen molar-refractivity contribution in [2.75, 3.05) is 11.9 Å². The highest BCUT2D eigenvalue weighted by atomic mass is 19.1. The quantitative estimate of drug-likeness (QED) is 0.849. The van der Waals surface area contributed by atoms with Gasteiger partial charge in [-0.1, -0.05) is 12.1 Å². The number of benzene rings is 2. The SMILES string of the molecule is N#Cc1ccc(C2CNc3ccc(F)cc3O2)cc1. The molecule has 1 N–H and O–H groups in total. The molecule has 0 saturated carbocycles. The van der Waals surface area contributed by atoms with Gasteiger partial charge in [0.1, 0.15) is 17.7 Å². The van der Waals surface area contributed by atoms with Gasteiger partial charge in [0.2, 0.25) is 0 Å². The fourth-order valence-corrected chi connectivity index (χ4v) is 2.10. The van der Waals surface area contributed by atoms with Gasteiger partial charge in [0, 0.05) is 6.07 Å². The molecule has 19 heavy (non-hydrogen) atoms. The number of nitriles is 1. The molecule has 1 aliphatic heterocycles. The molecule has 3 rings (SSSR count). The van der Waals surface area contributed by atoms with Crippen molar-refractivity contribution in [2.24, 2.45) is 0 Å². The van der Waals surface area contributed by atoms with Crippen LogP contribution in [-0.4, -0.2) is 6.54 Å². The zero-order valence-corrected chi connectivity index (χ0v) is 10.1. The van der Waals surface area contributed by atoms with Crippen LogP contribution in [0.15, 0.2) is 42.5 Å². The van der Waals surface area contributed by atoms with Gasteiger partial charge in [-0.05, 0) is 29.8 Å². The third kappa shape index (κ3) is 2.23. The van der Waals surface area contributed by atoms with Crippen molar-refractivity contribution in [3.63, 3.8) is 0 Å². The smallest absolute Gasteiger partial charge is 0.146 e. The molecule has 0 bridgehead atoms.